The Kier molecular flexibility index (Phi) is 37.2. The van der Waals surface area contributed by atoms with Crippen LogP contribution in [0.3, 0.4) is 0 Å². The van der Waals surface area contributed by atoms with E-state index in [4.69, 9.17) is 18.9 Å². The Balaban J connectivity index is 0.000000862. The van der Waals surface area contributed by atoms with Gasteiger partial charge in [-0.3, -0.25) is 0 Å². The van der Waals surface area contributed by atoms with Gasteiger partial charge in [0, 0.05) is 24.0 Å². The third kappa shape index (κ3) is 29.0. The van der Waals surface area contributed by atoms with Crippen molar-refractivity contribution in [1.82, 2.24) is 0 Å². The van der Waals surface area contributed by atoms with Gasteiger partial charge in [-0.25, -0.2) is 9.59 Å². The van der Waals surface area contributed by atoms with Gasteiger partial charge in [0.2, 0.25) is 12.6 Å². The maximum atomic E-state index is 12.1. The second-order valence-corrected chi connectivity index (χ2v) is 18.9. The quantitative estimate of drug-likeness (QED) is 0.0300. The number of carboxylic acids is 2. The topological polar surface area (TPSA) is 151 Å². The second kappa shape index (κ2) is 39.2. The fourth-order valence-electron chi connectivity index (χ4n) is 5.77. The van der Waals surface area contributed by atoms with Crippen LogP contribution in [0.25, 0.3) is 0 Å². The average molecular weight is 932 g/mol. The van der Waals surface area contributed by atoms with E-state index in [-0.39, 0.29) is 43.4 Å². The minimum absolute atomic E-state index is 0.0160. The van der Waals surface area contributed by atoms with E-state index in [1.807, 2.05) is 27.7 Å². The Morgan fingerprint density at radius 2 is 0.780 bits per heavy atom. The van der Waals surface area contributed by atoms with Crippen LogP contribution in [0.2, 0.25) is 8.87 Å². The predicted molar refractivity (Wildman–Crippen MR) is 234 cm³/mol. The fourth-order valence-corrected chi connectivity index (χ4v) is 9.34. The number of rotatable bonds is 32. The molecule has 2 rings (SSSR count). The summed E-state index contributed by atoms with van der Waals surface area (Å²) >= 11 is 0.0736. The number of carbonyl (C=O) groups excluding carboxylic acids is 4. The molecule has 2 aromatic carbocycles. The summed E-state index contributed by atoms with van der Waals surface area (Å²) in [4.78, 5) is 46.2. The molecule has 10 nitrogen and oxygen atoms in total. The van der Waals surface area contributed by atoms with Crippen molar-refractivity contribution < 1.29 is 48.3 Å². The Bertz CT molecular complexity index is 1270. The number of hydrogen-bond donors (Lipinski definition) is 0. The summed E-state index contributed by atoms with van der Waals surface area (Å²) in [7, 11) is 0. The van der Waals surface area contributed by atoms with Crippen LogP contribution in [0.1, 0.15) is 211 Å². The Morgan fingerprint density at radius 1 is 0.458 bits per heavy atom. The zero-order valence-corrected chi connectivity index (χ0v) is 40.2. The second-order valence-electron chi connectivity index (χ2n) is 14.6. The minimum Gasteiger partial charge on any atom is -0.545 e. The molecule has 0 radical (unpaired) electrons. The third-order valence-corrected chi connectivity index (χ3v) is 13.3. The average Bonchev–Trinajstić information content (AvgIpc) is 3.23. The maximum absolute atomic E-state index is 12.1. The molecule has 2 aromatic rings. The summed E-state index contributed by atoms with van der Waals surface area (Å²) in [5, 5.41) is 22.0. The number of benzene rings is 2. The van der Waals surface area contributed by atoms with Crippen molar-refractivity contribution in [2.24, 2.45) is 0 Å². The first kappa shape index (κ1) is 56.0. The van der Waals surface area contributed by atoms with Gasteiger partial charge in [0.15, 0.2) is 0 Å². The minimum atomic E-state index is -1.40. The monoisotopic (exact) mass is 932 g/mol. The number of carbonyl (C=O) groups is 4. The van der Waals surface area contributed by atoms with E-state index in [1.165, 1.54) is 101 Å². The molecule has 0 saturated heterocycles. The van der Waals surface area contributed by atoms with Crippen molar-refractivity contribution in [3.63, 3.8) is 0 Å². The molecule has 0 aliphatic heterocycles. The first-order valence-electron chi connectivity index (χ1n) is 22.6. The Labute approximate surface area is 367 Å². The number of unbranched alkanes of at least 4 members (excludes halogenated alkanes) is 12. The van der Waals surface area contributed by atoms with Gasteiger partial charge in [0.1, 0.15) is 0 Å². The first-order chi connectivity index (χ1) is 28.6. The standard InChI is InChI=1S/2C16H22O5.2C8H17.Sn/c2*1-3-5-11-20-14(8-4-2)21-16(19)13-10-7-6-9-12(13)15(17)18;2*1-3-5-7-8-6-4-2;/h2*6-7,9-10,14H,3-5,8,11H2,1-2H3,(H,17,18);2*1,3-8H2,2H3;/q;;;;+2/p-2. The summed E-state index contributed by atoms with van der Waals surface area (Å²) in [6.45, 7) is 13.6. The van der Waals surface area contributed by atoms with E-state index in [0.29, 0.717) is 26.1 Å². The van der Waals surface area contributed by atoms with E-state index >= 15 is 0 Å². The van der Waals surface area contributed by atoms with Crippen molar-refractivity contribution in [3.8, 4) is 0 Å². The normalized spacial score (nSPS) is 11.5. The number of aromatic carboxylic acids is 2. The Hall–Kier alpha value is -2.96. The van der Waals surface area contributed by atoms with Crippen molar-refractivity contribution in [2.75, 3.05) is 13.2 Å². The summed E-state index contributed by atoms with van der Waals surface area (Å²) in [6, 6.07) is 11.7. The van der Waals surface area contributed by atoms with Gasteiger partial charge in [-0.15, -0.1) is 0 Å². The molecule has 0 spiro atoms. The largest absolute Gasteiger partial charge is 0.545 e. The van der Waals surface area contributed by atoms with E-state index in [0.717, 1.165) is 38.5 Å². The first-order valence-corrected chi connectivity index (χ1v) is 26.6. The molecule has 332 valence electrons. The van der Waals surface area contributed by atoms with Gasteiger partial charge in [-0.1, -0.05) is 89.8 Å². The number of ether oxygens (including phenoxy) is 4. The third-order valence-electron chi connectivity index (χ3n) is 9.28. The molecule has 0 amide bonds. The van der Waals surface area contributed by atoms with Crippen LogP contribution in [0, 0.1) is 0 Å². The molecule has 59 heavy (non-hydrogen) atoms. The molecular weight excluding hydrogens is 855 g/mol. The molecule has 2 unspecified atom stereocenters. The SMILES string of the molecule is CCCCCCC[CH2][Sn+2][CH2]CCCCCCC.CCCCOC(CCC)OC(=O)c1ccccc1C(=O)[O-].CCCCOC(CCC)OC(=O)c1ccccc1C(=O)[O-]. The predicted octanol–water partition coefficient (Wildman–Crippen LogP) is 10.5. The van der Waals surface area contributed by atoms with Crippen molar-refractivity contribution >= 4 is 45.0 Å². The van der Waals surface area contributed by atoms with Gasteiger partial charge in [0.05, 0.1) is 36.3 Å². The van der Waals surface area contributed by atoms with Crippen molar-refractivity contribution in [3.05, 3.63) is 70.8 Å². The summed E-state index contributed by atoms with van der Waals surface area (Å²) in [5.41, 5.74) is -0.381. The van der Waals surface area contributed by atoms with Crippen LogP contribution >= 0.6 is 0 Å². The number of hydrogen-bond acceptors (Lipinski definition) is 10. The van der Waals surface area contributed by atoms with Crippen molar-refractivity contribution in [2.45, 2.75) is 191 Å². The molecule has 11 heteroatoms. The van der Waals surface area contributed by atoms with Crippen LogP contribution in [0.4, 0.5) is 0 Å². The van der Waals surface area contributed by atoms with Gasteiger partial charge in [-0.2, -0.15) is 0 Å². The van der Waals surface area contributed by atoms with Crippen LogP contribution < -0.4 is 10.2 Å². The summed E-state index contributed by atoms with van der Waals surface area (Å²) < 4.78 is 24.9. The van der Waals surface area contributed by atoms with Crippen LogP contribution in [-0.2, 0) is 18.9 Å². The Morgan fingerprint density at radius 3 is 1.10 bits per heavy atom. The van der Waals surface area contributed by atoms with Crippen LogP contribution in [0.5, 0.6) is 0 Å². The number of esters is 2. The van der Waals surface area contributed by atoms with Crippen molar-refractivity contribution in [1.29, 1.82) is 0 Å². The fraction of sp³-hybridized carbons (Fsp3) is 0.667. The van der Waals surface area contributed by atoms with E-state index < -0.39 is 36.5 Å². The molecule has 0 aliphatic carbocycles. The van der Waals surface area contributed by atoms with Crippen LogP contribution in [0.15, 0.2) is 48.5 Å². The summed E-state index contributed by atoms with van der Waals surface area (Å²) in [6.07, 6.45) is 23.0. The molecule has 0 saturated carbocycles. The molecule has 0 aliphatic rings. The van der Waals surface area contributed by atoms with Crippen LogP contribution in [-0.4, -0.2) is 70.8 Å². The summed E-state index contributed by atoms with van der Waals surface area (Å²) in [5.74, 6) is -4.21. The molecular formula is C48H76O10Sn. The molecule has 0 N–H and O–H groups in total. The zero-order valence-electron chi connectivity index (χ0n) is 37.3. The van der Waals surface area contributed by atoms with E-state index in [1.54, 1.807) is 33.8 Å². The molecule has 0 bridgehead atoms. The van der Waals surface area contributed by atoms with Gasteiger partial charge in [-0.05, 0) is 25.0 Å². The van der Waals surface area contributed by atoms with Gasteiger partial charge < -0.3 is 38.7 Å². The van der Waals surface area contributed by atoms with Gasteiger partial charge in [0.25, 0.3) is 0 Å². The number of carboxylic acid groups (broad SMARTS) is 2. The van der Waals surface area contributed by atoms with Gasteiger partial charge >= 0.3 is 133 Å². The van der Waals surface area contributed by atoms with E-state index in [2.05, 4.69) is 13.8 Å². The van der Waals surface area contributed by atoms with E-state index in [9.17, 15) is 29.4 Å². The molecule has 0 heterocycles. The molecule has 0 aromatic heterocycles. The smallest absolute Gasteiger partial charge is 0.341 e. The maximum Gasteiger partial charge on any atom is 0.341 e. The molecule has 2 atom stereocenters. The zero-order chi connectivity index (χ0) is 43.9. The molecule has 0 fully saturated rings.